The summed E-state index contributed by atoms with van der Waals surface area (Å²) >= 11 is 7.40. The van der Waals surface area contributed by atoms with Gasteiger partial charge < -0.3 is 14.7 Å². The molecule has 0 saturated carbocycles. The Bertz CT molecular complexity index is 2310. The molecule has 0 bridgehead atoms. The summed E-state index contributed by atoms with van der Waals surface area (Å²) in [5, 5.41) is 11.5. The lowest BCUT2D eigenvalue weighted by Gasteiger charge is -2.44. The fourth-order valence-electron chi connectivity index (χ4n) is 8.17. The topological polar surface area (TPSA) is 100 Å². The van der Waals surface area contributed by atoms with Gasteiger partial charge in [0.2, 0.25) is 5.91 Å². The zero-order valence-electron chi connectivity index (χ0n) is 30.6. The third-order valence-electron chi connectivity index (χ3n) is 11.1. The number of nitriles is 1. The highest BCUT2D eigenvalue weighted by Crippen LogP contribution is 2.34. The van der Waals surface area contributed by atoms with Gasteiger partial charge in [-0.25, -0.2) is 13.4 Å². The zero-order valence-corrected chi connectivity index (χ0v) is 32.9. The Labute approximate surface area is 332 Å². The molecule has 282 valence electrons. The van der Waals surface area contributed by atoms with Crippen molar-refractivity contribution in [1.82, 2.24) is 19.0 Å². The molecule has 1 unspecified atom stereocenters. The van der Waals surface area contributed by atoms with Crippen LogP contribution in [-0.2, 0) is 21.4 Å². The van der Waals surface area contributed by atoms with Crippen LogP contribution < -0.4 is 0 Å². The minimum Gasteiger partial charge on any atom is -0.332 e. The second-order valence-corrected chi connectivity index (χ2v) is 18.3. The third-order valence-corrected chi connectivity index (χ3v) is 14.7. The van der Waals surface area contributed by atoms with Crippen molar-refractivity contribution in [2.75, 3.05) is 45.8 Å². The quantitative estimate of drug-likeness (QED) is 0.136. The SMILES string of the molecule is N#Cc1ccc(CN2C(=O)CN(S(=O)(=O)c3cc4ccc(Cl)cc4s3)CC2CN2CCC(N3CCCC3)CC2)cc1N=C(c1ccccc1)c1ccccc1. The second-order valence-electron chi connectivity index (χ2n) is 14.7. The first-order valence-electron chi connectivity index (χ1n) is 18.9. The van der Waals surface area contributed by atoms with Gasteiger partial charge in [-0.2, -0.15) is 9.57 Å². The number of carbonyl (C=O) groups is 1. The molecule has 4 aromatic carbocycles. The largest absolute Gasteiger partial charge is 0.332 e. The maximum atomic E-state index is 14.2. The number of carbonyl (C=O) groups excluding carboxylic acids is 1. The van der Waals surface area contributed by atoms with E-state index in [9.17, 15) is 18.5 Å². The van der Waals surface area contributed by atoms with E-state index < -0.39 is 10.0 Å². The van der Waals surface area contributed by atoms with Crippen molar-refractivity contribution in [2.24, 2.45) is 4.99 Å². The summed E-state index contributed by atoms with van der Waals surface area (Å²) in [7, 11) is -3.96. The van der Waals surface area contributed by atoms with E-state index in [1.807, 2.05) is 83.8 Å². The Hall–Kier alpha value is -4.41. The second kappa shape index (κ2) is 16.4. The van der Waals surface area contributed by atoms with Crippen LogP contribution in [-0.4, -0.2) is 96.9 Å². The molecular weight excluding hydrogens is 748 g/mol. The number of thiophene rings is 1. The van der Waals surface area contributed by atoms with Crippen LogP contribution >= 0.6 is 22.9 Å². The number of amides is 1. The number of rotatable bonds is 10. The van der Waals surface area contributed by atoms with Crippen molar-refractivity contribution in [1.29, 1.82) is 5.26 Å². The molecule has 0 N–H and O–H groups in total. The predicted octanol–water partition coefficient (Wildman–Crippen LogP) is 7.56. The molecule has 9 nitrogen and oxygen atoms in total. The first kappa shape index (κ1) is 37.5. The molecule has 1 amide bonds. The Kier molecular flexibility index (Phi) is 11.2. The Morgan fingerprint density at radius 1 is 0.873 bits per heavy atom. The van der Waals surface area contributed by atoms with E-state index in [1.165, 1.54) is 41.6 Å². The standard InChI is InChI=1S/C43H43ClN6O3S2/c44-36-16-15-34-24-42(54-40(34)25-36)55(52,53)49-29-38(28-47-21-17-37(18-22-47)48-19-7-8-20-48)50(41(51)30-49)27-31-13-14-35(26-45)39(23-31)46-43(32-9-3-1-4-10-32)33-11-5-2-6-12-33/h1-6,9-16,23-25,37-38H,7-8,17-22,27-30H2. The maximum absolute atomic E-state index is 14.2. The van der Waals surface area contributed by atoms with E-state index >= 15 is 0 Å². The summed E-state index contributed by atoms with van der Waals surface area (Å²) < 4.78 is 30.8. The Morgan fingerprint density at radius 3 is 2.24 bits per heavy atom. The highest BCUT2D eigenvalue weighted by Gasteiger charge is 2.40. The molecule has 0 radical (unpaired) electrons. The molecule has 1 atom stereocenters. The lowest BCUT2D eigenvalue weighted by atomic mass is 10.0. The number of likely N-dealkylation sites (tertiary alicyclic amines) is 2. The van der Waals surface area contributed by atoms with E-state index in [-0.39, 0.29) is 35.8 Å². The third kappa shape index (κ3) is 8.26. The number of piperidine rings is 1. The number of piperazine rings is 1. The summed E-state index contributed by atoms with van der Waals surface area (Å²) in [6.07, 6.45) is 4.65. The summed E-state index contributed by atoms with van der Waals surface area (Å²) in [5.41, 5.74) is 4.35. The molecule has 3 aliphatic heterocycles. The van der Waals surface area contributed by atoms with Crippen molar-refractivity contribution in [3.8, 4) is 6.07 Å². The maximum Gasteiger partial charge on any atom is 0.253 e. The van der Waals surface area contributed by atoms with Gasteiger partial charge in [0.05, 0.1) is 29.5 Å². The number of hydrogen-bond donors (Lipinski definition) is 0. The van der Waals surface area contributed by atoms with Gasteiger partial charge in [-0.3, -0.25) is 4.79 Å². The summed E-state index contributed by atoms with van der Waals surface area (Å²) in [6.45, 7) is 4.91. The Balaban J connectivity index is 1.09. The monoisotopic (exact) mass is 790 g/mol. The summed E-state index contributed by atoms with van der Waals surface area (Å²) in [5.74, 6) is -0.250. The highest BCUT2D eigenvalue weighted by atomic mass is 35.5. The molecule has 4 heterocycles. The molecule has 0 aliphatic carbocycles. The van der Waals surface area contributed by atoms with Gasteiger partial charge in [0.25, 0.3) is 10.0 Å². The van der Waals surface area contributed by atoms with Crippen molar-refractivity contribution in [2.45, 2.75) is 48.5 Å². The molecule has 1 aromatic heterocycles. The predicted molar refractivity (Wildman–Crippen MR) is 220 cm³/mol. The van der Waals surface area contributed by atoms with Crippen LogP contribution in [0.15, 0.2) is 112 Å². The minimum atomic E-state index is -3.96. The molecule has 0 spiro atoms. The van der Waals surface area contributed by atoms with Crippen molar-refractivity contribution >= 4 is 60.4 Å². The van der Waals surface area contributed by atoms with Crippen LogP contribution in [0.1, 0.15) is 47.9 Å². The van der Waals surface area contributed by atoms with Crippen LogP contribution in [0.5, 0.6) is 0 Å². The van der Waals surface area contributed by atoms with Crippen LogP contribution in [0.4, 0.5) is 5.69 Å². The van der Waals surface area contributed by atoms with Crippen molar-refractivity contribution < 1.29 is 13.2 Å². The number of halogens is 1. The first-order valence-corrected chi connectivity index (χ1v) is 21.6. The molecule has 3 aliphatic rings. The normalized spacial score (nSPS) is 19.2. The van der Waals surface area contributed by atoms with Gasteiger partial charge in [-0.15, -0.1) is 11.3 Å². The van der Waals surface area contributed by atoms with Crippen molar-refractivity contribution in [3.63, 3.8) is 0 Å². The smallest absolute Gasteiger partial charge is 0.253 e. The molecular formula is C43H43ClN6O3S2. The van der Waals surface area contributed by atoms with E-state index in [4.69, 9.17) is 16.6 Å². The number of fused-ring (bicyclic) bond motifs is 1. The molecule has 3 saturated heterocycles. The molecule has 3 fully saturated rings. The van der Waals surface area contributed by atoms with Crippen LogP contribution in [0, 0.1) is 11.3 Å². The van der Waals surface area contributed by atoms with E-state index in [0.29, 0.717) is 28.9 Å². The average Bonchev–Trinajstić information content (AvgIpc) is 3.91. The number of sulfonamides is 1. The number of nitrogens with zero attached hydrogens (tertiary/aromatic N) is 6. The van der Waals surface area contributed by atoms with Crippen molar-refractivity contribution in [3.05, 3.63) is 130 Å². The number of hydrogen-bond acceptors (Lipinski definition) is 8. The summed E-state index contributed by atoms with van der Waals surface area (Å²) in [6, 6.07) is 34.8. The number of aliphatic imine (C=N–C) groups is 1. The lowest BCUT2D eigenvalue weighted by molar-refractivity contribution is -0.139. The van der Waals surface area contributed by atoms with Gasteiger partial charge in [0, 0.05) is 46.5 Å². The molecule has 55 heavy (non-hydrogen) atoms. The minimum absolute atomic E-state index is 0.183. The van der Waals surface area contributed by atoms with E-state index in [1.54, 1.807) is 24.3 Å². The van der Waals surface area contributed by atoms with Crippen LogP contribution in [0.2, 0.25) is 5.02 Å². The average molecular weight is 791 g/mol. The fraction of sp³-hybridized carbons (Fsp3) is 0.326. The van der Waals surface area contributed by atoms with E-state index in [0.717, 1.165) is 58.4 Å². The molecule has 5 aromatic rings. The van der Waals surface area contributed by atoms with Gasteiger partial charge in [0.1, 0.15) is 10.3 Å². The lowest BCUT2D eigenvalue weighted by Crippen LogP contribution is -2.61. The molecule has 12 heteroatoms. The van der Waals surface area contributed by atoms with Crippen LogP contribution in [0.3, 0.4) is 0 Å². The highest BCUT2D eigenvalue weighted by molar-refractivity contribution is 7.91. The number of benzene rings is 4. The van der Waals surface area contributed by atoms with Crippen LogP contribution in [0.25, 0.3) is 10.1 Å². The van der Waals surface area contributed by atoms with Gasteiger partial charge in [-0.05, 0) is 93.1 Å². The van der Waals surface area contributed by atoms with Gasteiger partial charge in [0.15, 0.2) is 0 Å². The van der Waals surface area contributed by atoms with E-state index in [2.05, 4.69) is 15.9 Å². The summed E-state index contributed by atoms with van der Waals surface area (Å²) in [4.78, 5) is 26.2. The fourth-order valence-corrected chi connectivity index (χ4v) is 11.4. The van der Waals surface area contributed by atoms with Gasteiger partial charge in [-0.1, -0.05) is 84.4 Å². The van der Waals surface area contributed by atoms with Gasteiger partial charge >= 0.3 is 0 Å². The Morgan fingerprint density at radius 2 is 1.56 bits per heavy atom. The molecule has 8 rings (SSSR count). The zero-order chi connectivity index (χ0) is 37.9. The first-order chi connectivity index (χ1) is 26.7.